The zero-order valence-electron chi connectivity index (χ0n) is 20.3. The third kappa shape index (κ3) is 23.4. The summed E-state index contributed by atoms with van der Waals surface area (Å²) in [5.74, 6) is 1.66. The van der Waals surface area contributed by atoms with Crippen LogP contribution in [0.4, 0.5) is 0 Å². The summed E-state index contributed by atoms with van der Waals surface area (Å²) >= 11 is 0. The van der Waals surface area contributed by atoms with Gasteiger partial charge in [-0.05, 0) is 38.8 Å². The number of nitrogens with zero attached hydrogens (tertiary/aromatic N) is 1. The molecule has 0 aliphatic carbocycles. The Kier molecular flexibility index (Phi) is 24.5. The molecule has 0 heterocycles. The van der Waals surface area contributed by atoms with Gasteiger partial charge in [-0.3, -0.25) is 9.59 Å². The van der Waals surface area contributed by atoms with Crippen LogP contribution in [0.5, 0.6) is 0 Å². The second kappa shape index (κ2) is 25.8. The molecule has 0 aliphatic heterocycles. The number of carbonyl (C=O) groups excluding carboxylic acids is 2. The van der Waals surface area contributed by atoms with Gasteiger partial charge in [0.05, 0.1) is 46.2 Å². The molecule has 0 atom stereocenters. The maximum atomic E-state index is 11.1. The van der Waals surface area contributed by atoms with Crippen LogP contribution in [-0.2, 0) is 28.5 Å². The molecule has 2 amide bonds. The average molecular weight is 490 g/mol. The van der Waals surface area contributed by atoms with E-state index in [0.29, 0.717) is 65.9 Å². The normalized spacial score (nSPS) is 10.9. The van der Waals surface area contributed by atoms with Gasteiger partial charge in [0.25, 0.3) is 0 Å². The number of aliphatic hydroxyl groups excluding tert-OH is 2. The van der Waals surface area contributed by atoms with Crippen LogP contribution in [0.2, 0.25) is 0 Å². The van der Waals surface area contributed by atoms with Crippen LogP contribution in [0.1, 0.15) is 25.7 Å². The Hall–Kier alpha value is -1.78. The van der Waals surface area contributed by atoms with Crippen molar-refractivity contribution in [2.24, 2.45) is 0 Å². The summed E-state index contributed by atoms with van der Waals surface area (Å²) < 4.78 is 21.6. The minimum Gasteiger partial charge on any atom is -0.387 e. The highest BCUT2D eigenvalue weighted by atomic mass is 16.6. The number of amides is 2. The second-order valence-corrected chi connectivity index (χ2v) is 7.37. The summed E-state index contributed by atoms with van der Waals surface area (Å²) in [6.45, 7) is 6.39. The van der Waals surface area contributed by atoms with E-state index in [1.165, 1.54) is 0 Å². The lowest BCUT2D eigenvalue weighted by Gasteiger charge is -2.22. The summed E-state index contributed by atoms with van der Waals surface area (Å²) in [5, 5.41) is 22.7. The third-order valence-electron chi connectivity index (χ3n) is 4.59. The molecule has 0 saturated carbocycles. The van der Waals surface area contributed by atoms with Gasteiger partial charge in [0.2, 0.25) is 11.8 Å². The predicted octanol–water partition coefficient (Wildman–Crippen LogP) is -1.23. The molecule has 0 aromatic rings. The van der Waals surface area contributed by atoms with Crippen molar-refractivity contribution in [3.8, 4) is 12.3 Å². The number of unbranched alkanes of at least 4 members (excludes halogenated alkanes) is 2. The van der Waals surface area contributed by atoms with Gasteiger partial charge in [0, 0.05) is 19.6 Å². The highest BCUT2D eigenvalue weighted by Crippen LogP contribution is 2.00. The van der Waals surface area contributed by atoms with Crippen LogP contribution in [0.15, 0.2) is 0 Å². The Morgan fingerprint density at radius 1 is 0.676 bits per heavy atom. The Labute approximate surface area is 203 Å². The zero-order chi connectivity index (χ0) is 25.1. The number of ether oxygens (including phenoxy) is 4. The number of rotatable bonds is 25. The number of terminal acetylenes is 1. The molecule has 0 aromatic heterocycles. The van der Waals surface area contributed by atoms with Gasteiger partial charge in [-0.2, -0.15) is 0 Å². The molecule has 198 valence electrons. The average Bonchev–Trinajstić information content (AvgIpc) is 2.85. The summed E-state index contributed by atoms with van der Waals surface area (Å²) in [6.07, 6.45) is 8.53. The topological polar surface area (TPSA) is 139 Å². The van der Waals surface area contributed by atoms with E-state index in [1.54, 1.807) is 0 Å². The van der Waals surface area contributed by atoms with Crippen LogP contribution in [0, 0.1) is 12.3 Å². The van der Waals surface area contributed by atoms with Crippen molar-refractivity contribution in [3.63, 3.8) is 0 Å². The van der Waals surface area contributed by atoms with Gasteiger partial charge >= 0.3 is 0 Å². The first-order chi connectivity index (χ1) is 16.6. The summed E-state index contributed by atoms with van der Waals surface area (Å²) in [6, 6.07) is 0. The maximum Gasteiger partial charge on any atom is 0.245 e. The van der Waals surface area contributed by atoms with E-state index in [1.807, 2.05) is 0 Å². The van der Waals surface area contributed by atoms with Crippen molar-refractivity contribution in [2.45, 2.75) is 25.7 Å². The van der Waals surface area contributed by atoms with Crippen molar-refractivity contribution in [3.05, 3.63) is 0 Å². The number of carbonyl (C=O) groups is 2. The van der Waals surface area contributed by atoms with Crippen molar-refractivity contribution >= 4 is 11.8 Å². The van der Waals surface area contributed by atoms with Crippen LogP contribution in [0.25, 0.3) is 0 Å². The first-order valence-electron chi connectivity index (χ1n) is 11.9. The molecule has 4 N–H and O–H groups in total. The molecular formula is C23H43N3O8. The Morgan fingerprint density at radius 3 is 1.56 bits per heavy atom. The molecule has 0 radical (unpaired) electrons. The molecule has 11 nitrogen and oxygen atoms in total. The lowest BCUT2D eigenvalue weighted by molar-refractivity contribution is -0.124. The smallest absolute Gasteiger partial charge is 0.245 e. The van der Waals surface area contributed by atoms with E-state index < -0.39 is 13.2 Å². The van der Waals surface area contributed by atoms with E-state index in [-0.39, 0.29) is 11.8 Å². The number of aliphatic hydroxyl groups is 2. The van der Waals surface area contributed by atoms with Gasteiger partial charge < -0.3 is 44.7 Å². The molecule has 34 heavy (non-hydrogen) atoms. The second-order valence-electron chi connectivity index (χ2n) is 7.37. The standard InChI is InChI=1S/C23H43N3O8/c1-2-12-31-14-16-33-18-19-34-17-15-32-13-11-26(9-5-3-7-24-22(29)20-27)10-6-4-8-25-23(30)21-28/h1,27-28H,3-21H2,(H,24,29)(H,25,30). The van der Waals surface area contributed by atoms with Crippen LogP contribution >= 0.6 is 0 Å². The molecule has 0 spiro atoms. The predicted molar refractivity (Wildman–Crippen MR) is 127 cm³/mol. The zero-order valence-corrected chi connectivity index (χ0v) is 20.3. The first-order valence-corrected chi connectivity index (χ1v) is 11.9. The molecule has 0 saturated heterocycles. The quantitative estimate of drug-likeness (QED) is 0.0917. The minimum atomic E-state index is -0.491. The van der Waals surface area contributed by atoms with Crippen molar-refractivity contribution in [2.75, 3.05) is 98.8 Å². The minimum absolute atomic E-state index is 0.292. The lowest BCUT2D eigenvalue weighted by Crippen LogP contribution is -2.32. The highest BCUT2D eigenvalue weighted by Gasteiger charge is 2.06. The molecule has 0 aliphatic rings. The Balaban J connectivity index is 3.86. The van der Waals surface area contributed by atoms with Crippen molar-refractivity contribution in [1.82, 2.24) is 15.5 Å². The number of hydrogen-bond acceptors (Lipinski definition) is 9. The van der Waals surface area contributed by atoms with Gasteiger partial charge in [-0.15, -0.1) is 6.42 Å². The van der Waals surface area contributed by atoms with E-state index >= 15 is 0 Å². The molecule has 0 rings (SSSR count). The SMILES string of the molecule is C#CCOCCOCCOCCOCCN(CCCCNC(=O)CO)CCCCNC(=O)CO. The van der Waals surface area contributed by atoms with Gasteiger partial charge in [-0.1, -0.05) is 5.92 Å². The molecule has 0 fully saturated rings. The summed E-state index contributed by atoms with van der Waals surface area (Å²) in [7, 11) is 0. The Morgan fingerprint density at radius 2 is 1.12 bits per heavy atom. The Bertz CT molecular complexity index is 505. The fourth-order valence-corrected chi connectivity index (χ4v) is 2.81. The van der Waals surface area contributed by atoms with Crippen molar-refractivity contribution in [1.29, 1.82) is 0 Å². The van der Waals surface area contributed by atoms with E-state index in [0.717, 1.165) is 45.3 Å². The fourth-order valence-electron chi connectivity index (χ4n) is 2.81. The molecule has 0 aromatic carbocycles. The van der Waals surface area contributed by atoms with Gasteiger partial charge in [0.15, 0.2) is 0 Å². The largest absolute Gasteiger partial charge is 0.387 e. The van der Waals surface area contributed by atoms with Crippen LogP contribution < -0.4 is 10.6 Å². The maximum absolute atomic E-state index is 11.1. The lowest BCUT2D eigenvalue weighted by atomic mass is 10.2. The van der Waals surface area contributed by atoms with Crippen LogP contribution in [-0.4, -0.2) is 126 Å². The fraction of sp³-hybridized carbons (Fsp3) is 0.826. The van der Waals surface area contributed by atoms with E-state index in [4.69, 9.17) is 35.6 Å². The molecule has 11 heteroatoms. The van der Waals surface area contributed by atoms with Crippen molar-refractivity contribution < 1.29 is 38.7 Å². The molecule has 0 unspecified atom stereocenters. The van der Waals surface area contributed by atoms with E-state index in [9.17, 15) is 9.59 Å². The monoisotopic (exact) mass is 489 g/mol. The number of nitrogens with one attached hydrogen (secondary N) is 2. The van der Waals surface area contributed by atoms with E-state index in [2.05, 4.69) is 21.5 Å². The van der Waals surface area contributed by atoms with Gasteiger partial charge in [-0.25, -0.2) is 0 Å². The third-order valence-corrected chi connectivity index (χ3v) is 4.59. The van der Waals surface area contributed by atoms with Gasteiger partial charge in [0.1, 0.15) is 19.8 Å². The molecule has 0 bridgehead atoms. The van der Waals surface area contributed by atoms with Crippen LogP contribution in [0.3, 0.4) is 0 Å². The highest BCUT2D eigenvalue weighted by molar-refractivity contribution is 5.77. The first kappa shape index (κ1) is 32.2. The molecular weight excluding hydrogens is 446 g/mol. The summed E-state index contributed by atoms with van der Waals surface area (Å²) in [5.41, 5.74) is 0. The number of hydrogen-bond donors (Lipinski definition) is 4. The summed E-state index contributed by atoms with van der Waals surface area (Å²) in [4.78, 5) is 24.4.